The van der Waals surface area contributed by atoms with E-state index in [2.05, 4.69) is 11.8 Å². The Hall–Kier alpha value is -1.06. The maximum Gasteiger partial charge on any atom is 0.307 e. The average molecular weight is 282 g/mol. The van der Waals surface area contributed by atoms with E-state index in [1.165, 1.54) is 5.56 Å². The summed E-state index contributed by atoms with van der Waals surface area (Å²) in [6.45, 7) is 3.77. The normalized spacial score (nSPS) is 22.1. The fourth-order valence-electron chi connectivity index (χ4n) is 2.88. The van der Waals surface area contributed by atoms with Gasteiger partial charge in [0.15, 0.2) is 0 Å². The largest absolute Gasteiger partial charge is 0.481 e. The van der Waals surface area contributed by atoms with Crippen molar-refractivity contribution in [3.63, 3.8) is 0 Å². The van der Waals surface area contributed by atoms with Gasteiger partial charge in [0, 0.05) is 17.6 Å². The summed E-state index contributed by atoms with van der Waals surface area (Å²) in [7, 11) is 0. The summed E-state index contributed by atoms with van der Waals surface area (Å²) in [5, 5.41) is 9.91. The quantitative estimate of drug-likeness (QED) is 0.917. The van der Waals surface area contributed by atoms with Crippen molar-refractivity contribution in [2.75, 3.05) is 13.1 Å². The SMILES string of the molecule is CCC(c1ccc(Cl)cc1)N1CCCC(C(=O)O)C1. The molecule has 1 N–H and O–H groups in total. The van der Waals surface area contributed by atoms with E-state index in [1.54, 1.807) is 0 Å². The number of carbonyl (C=O) groups is 1. The second-order valence-corrected chi connectivity index (χ2v) is 5.58. The van der Waals surface area contributed by atoms with Gasteiger partial charge in [-0.25, -0.2) is 0 Å². The molecule has 0 radical (unpaired) electrons. The Labute approximate surface area is 119 Å². The summed E-state index contributed by atoms with van der Waals surface area (Å²) >= 11 is 5.92. The first-order chi connectivity index (χ1) is 9.11. The Kier molecular flexibility index (Phi) is 4.83. The molecule has 2 rings (SSSR count). The van der Waals surface area contributed by atoms with Gasteiger partial charge in [0.1, 0.15) is 0 Å². The number of benzene rings is 1. The van der Waals surface area contributed by atoms with Gasteiger partial charge >= 0.3 is 5.97 Å². The molecule has 4 heteroatoms. The minimum atomic E-state index is -0.671. The maximum absolute atomic E-state index is 11.1. The molecule has 1 aromatic rings. The molecule has 0 saturated carbocycles. The fraction of sp³-hybridized carbons (Fsp3) is 0.533. The molecule has 2 unspecified atom stereocenters. The molecule has 19 heavy (non-hydrogen) atoms. The van der Waals surface area contributed by atoms with Gasteiger partial charge in [0.25, 0.3) is 0 Å². The zero-order chi connectivity index (χ0) is 13.8. The number of piperidine rings is 1. The van der Waals surface area contributed by atoms with E-state index < -0.39 is 5.97 Å². The highest BCUT2D eigenvalue weighted by atomic mass is 35.5. The number of hydrogen-bond acceptors (Lipinski definition) is 2. The summed E-state index contributed by atoms with van der Waals surface area (Å²) in [5.41, 5.74) is 1.22. The van der Waals surface area contributed by atoms with Crippen molar-refractivity contribution in [1.29, 1.82) is 0 Å². The third-order valence-corrected chi connectivity index (χ3v) is 4.14. The van der Waals surface area contributed by atoms with Crippen LogP contribution < -0.4 is 0 Å². The predicted molar refractivity (Wildman–Crippen MR) is 76.4 cm³/mol. The molecule has 1 aliphatic rings. The van der Waals surface area contributed by atoms with E-state index in [-0.39, 0.29) is 5.92 Å². The van der Waals surface area contributed by atoms with Gasteiger partial charge in [-0.1, -0.05) is 30.7 Å². The van der Waals surface area contributed by atoms with E-state index in [0.29, 0.717) is 12.6 Å². The fourth-order valence-corrected chi connectivity index (χ4v) is 3.01. The lowest BCUT2D eigenvalue weighted by atomic mass is 9.94. The van der Waals surface area contributed by atoms with Crippen LogP contribution in [0.25, 0.3) is 0 Å². The number of likely N-dealkylation sites (tertiary alicyclic amines) is 1. The van der Waals surface area contributed by atoms with Crippen molar-refractivity contribution in [2.24, 2.45) is 5.92 Å². The summed E-state index contributed by atoms with van der Waals surface area (Å²) < 4.78 is 0. The van der Waals surface area contributed by atoms with Crippen LogP contribution in [0.3, 0.4) is 0 Å². The van der Waals surface area contributed by atoms with Crippen LogP contribution in [0.1, 0.15) is 37.8 Å². The highest BCUT2D eigenvalue weighted by Crippen LogP contribution is 2.30. The lowest BCUT2D eigenvalue weighted by molar-refractivity contribution is -0.144. The number of aliphatic carboxylic acids is 1. The molecule has 1 aromatic carbocycles. The molecule has 1 aliphatic heterocycles. The molecular weight excluding hydrogens is 262 g/mol. The monoisotopic (exact) mass is 281 g/mol. The molecular formula is C15H20ClNO2. The number of nitrogens with zero attached hydrogens (tertiary/aromatic N) is 1. The van der Waals surface area contributed by atoms with Crippen molar-refractivity contribution in [3.8, 4) is 0 Å². The topological polar surface area (TPSA) is 40.5 Å². The maximum atomic E-state index is 11.1. The third kappa shape index (κ3) is 3.48. The lowest BCUT2D eigenvalue weighted by Crippen LogP contribution is -2.40. The van der Waals surface area contributed by atoms with Crippen LogP contribution in [-0.4, -0.2) is 29.1 Å². The summed E-state index contributed by atoms with van der Waals surface area (Å²) in [6.07, 6.45) is 2.73. The highest BCUT2D eigenvalue weighted by molar-refractivity contribution is 6.30. The first-order valence-electron chi connectivity index (χ1n) is 6.84. The minimum absolute atomic E-state index is 0.227. The molecule has 2 atom stereocenters. The number of carboxylic acids is 1. The smallest absolute Gasteiger partial charge is 0.307 e. The van der Waals surface area contributed by atoms with Crippen LogP contribution in [-0.2, 0) is 4.79 Å². The first kappa shape index (κ1) is 14.4. The van der Waals surface area contributed by atoms with Gasteiger partial charge in [-0.15, -0.1) is 0 Å². The molecule has 3 nitrogen and oxygen atoms in total. The Bertz CT molecular complexity index is 432. The summed E-state index contributed by atoms with van der Waals surface area (Å²) in [4.78, 5) is 13.4. The zero-order valence-electron chi connectivity index (χ0n) is 11.2. The standard InChI is InChI=1S/C15H20ClNO2/c1-2-14(11-5-7-13(16)8-6-11)17-9-3-4-12(10-17)15(18)19/h5-8,12,14H,2-4,9-10H2,1H3,(H,18,19). The van der Waals surface area contributed by atoms with Crippen molar-refractivity contribution < 1.29 is 9.90 Å². The van der Waals surface area contributed by atoms with E-state index in [9.17, 15) is 9.90 Å². The van der Waals surface area contributed by atoms with Crippen LogP contribution in [0, 0.1) is 5.92 Å². The van der Waals surface area contributed by atoms with E-state index >= 15 is 0 Å². The van der Waals surface area contributed by atoms with Gasteiger partial charge in [-0.3, -0.25) is 9.69 Å². The highest BCUT2D eigenvalue weighted by Gasteiger charge is 2.29. The number of halogens is 1. The molecule has 1 fully saturated rings. The van der Waals surface area contributed by atoms with Gasteiger partial charge in [-0.2, -0.15) is 0 Å². The molecule has 0 spiro atoms. The van der Waals surface area contributed by atoms with Crippen LogP contribution in [0.2, 0.25) is 5.02 Å². The van der Waals surface area contributed by atoms with Crippen LogP contribution in [0.15, 0.2) is 24.3 Å². The van der Waals surface area contributed by atoms with Crippen molar-refractivity contribution in [2.45, 2.75) is 32.2 Å². The van der Waals surface area contributed by atoms with Gasteiger partial charge in [0.2, 0.25) is 0 Å². The van der Waals surface area contributed by atoms with Crippen LogP contribution in [0.4, 0.5) is 0 Å². The van der Waals surface area contributed by atoms with Crippen LogP contribution in [0.5, 0.6) is 0 Å². The van der Waals surface area contributed by atoms with E-state index in [0.717, 1.165) is 30.8 Å². The average Bonchev–Trinajstić information content (AvgIpc) is 2.42. The molecule has 0 aliphatic carbocycles. The first-order valence-corrected chi connectivity index (χ1v) is 7.22. The van der Waals surface area contributed by atoms with Crippen molar-refractivity contribution >= 4 is 17.6 Å². The third-order valence-electron chi connectivity index (χ3n) is 3.88. The van der Waals surface area contributed by atoms with Crippen molar-refractivity contribution in [1.82, 2.24) is 4.90 Å². The van der Waals surface area contributed by atoms with Gasteiger partial charge < -0.3 is 5.11 Å². The van der Waals surface area contributed by atoms with E-state index in [1.807, 2.05) is 24.3 Å². The predicted octanol–water partition coefficient (Wildman–Crippen LogP) is 3.59. The molecule has 0 bridgehead atoms. The summed E-state index contributed by atoms with van der Waals surface area (Å²) in [5.74, 6) is -0.897. The van der Waals surface area contributed by atoms with Crippen LogP contribution >= 0.6 is 11.6 Å². The Morgan fingerprint density at radius 3 is 2.74 bits per heavy atom. The van der Waals surface area contributed by atoms with Gasteiger partial charge in [0.05, 0.1) is 5.92 Å². The molecule has 0 amide bonds. The van der Waals surface area contributed by atoms with Gasteiger partial charge in [-0.05, 0) is 43.5 Å². The zero-order valence-corrected chi connectivity index (χ0v) is 11.9. The van der Waals surface area contributed by atoms with Crippen molar-refractivity contribution in [3.05, 3.63) is 34.9 Å². The lowest BCUT2D eigenvalue weighted by Gasteiger charge is -2.37. The second kappa shape index (κ2) is 6.40. The number of rotatable bonds is 4. The van der Waals surface area contributed by atoms with E-state index in [4.69, 9.17) is 11.6 Å². The molecule has 1 heterocycles. The number of hydrogen-bond donors (Lipinski definition) is 1. The molecule has 104 valence electrons. The second-order valence-electron chi connectivity index (χ2n) is 5.15. The molecule has 1 saturated heterocycles. The minimum Gasteiger partial charge on any atom is -0.481 e. The Morgan fingerprint density at radius 1 is 1.47 bits per heavy atom. The number of carboxylic acid groups (broad SMARTS) is 1. The summed E-state index contributed by atoms with van der Waals surface area (Å²) in [6, 6.07) is 8.18. The molecule has 0 aromatic heterocycles. The Morgan fingerprint density at radius 2 is 2.16 bits per heavy atom. The Balaban J connectivity index is 2.12.